The first-order valence-corrected chi connectivity index (χ1v) is 11.7. The number of benzene rings is 1. The summed E-state index contributed by atoms with van der Waals surface area (Å²) in [5.74, 6) is -2.20. The number of hydrogen-bond donors (Lipinski definition) is 3. The van der Waals surface area contributed by atoms with Crippen LogP contribution in [0.2, 0.25) is 0 Å². The number of nitrogens with zero attached hydrogens (tertiary/aromatic N) is 1. The summed E-state index contributed by atoms with van der Waals surface area (Å²) >= 11 is 0. The molecule has 0 aliphatic heterocycles. The predicted octanol–water partition coefficient (Wildman–Crippen LogP) is 5.59. The van der Waals surface area contributed by atoms with Crippen molar-refractivity contribution >= 4 is 29.5 Å². The first-order valence-electron chi connectivity index (χ1n) is 11.7. The number of alkyl carbamates (subject to hydrolysis) is 1. The fourth-order valence-electron chi connectivity index (χ4n) is 3.22. The third kappa shape index (κ3) is 10.3. The Bertz CT molecular complexity index is 1180. The van der Waals surface area contributed by atoms with Crippen molar-refractivity contribution in [2.24, 2.45) is 0 Å². The number of methoxy groups -OCH3 is 1. The monoisotopic (exact) mass is 552 g/mol. The summed E-state index contributed by atoms with van der Waals surface area (Å²) in [7, 11) is 1.42. The van der Waals surface area contributed by atoms with Gasteiger partial charge in [-0.2, -0.15) is 13.2 Å². The lowest BCUT2D eigenvalue weighted by molar-refractivity contribution is -0.167. The van der Waals surface area contributed by atoms with Gasteiger partial charge < -0.3 is 24.8 Å². The van der Waals surface area contributed by atoms with Gasteiger partial charge in [0.1, 0.15) is 12.2 Å². The molecule has 10 nitrogen and oxygen atoms in total. The maximum Gasteiger partial charge on any atom is 0.471 e. The van der Waals surface area contributed by atoms with Crippen LogP contribution in [0.15, 0.2) is 49.2 Å². The maximum absolute atomic E-state index is 13.1. The van der Waals surface area contributed by atoms with Gasteiger partial charge in [-0.1, -0.05) is 12.1 Å². The molecule has 1 atom stereocenters. The normalized spacial score (nSPS) is 12.2. The molecule has 212 valence electrons. The Morgan fingerprint density at radius 3 is 2.38 bits per heavy atom. The average Bonchev–Trinajstić information content (AvgIpc) is 2.82. The molecule has 1 aromatic heterocycles. The van der Waals surface area contributed by atoms with Gasteiger partial charge in [0.05, 0.1) is 24.0 Å². The van der Waals surface area contributed by atoms with E-state index in [1.165, 1.54) is 31.5 Å². The van der Waals surface area contributed by atoms with Gasteiger partial charge in [-0.3, -0.25) is 15.1 Å². The van der Waals surface area contributed by atoms with Crippen molar-refractivity contribution in [2.45, 2.75) is 45.0 Å². The Morgan fingerprint density at radius 2 is 1.77 bits per heavy atom. The van der Waals surface area contributed by atoms with E-state index in [4.69, 9.17) is 14.2 Å². The molecule has 39 heavy (non-hydrogen) atoms. The molecule has 0 radical (unpaired) electrons. The topological polar surface area (TPSA) is 128 Å². The number of alkyl halides is 3. The number of anilines is 2. The van der Waals surface area contributed by atoms with Crippen LogP contribution in [0.3, 0.4) is 0 Å². The van der Waals surface area contributed by atoms with E-state index in [0.717, 1.165) is 6.07 Å². The van der Waals surface area contributed by atoms with Gasteiger partial charge in [0, 0.05) is 24.6 Å². The number of nitrogens with one attached hydrogen (secondary N) is 3. The quantitative estimate of drug-likeness (QED) is 0.259. The van der Waals surface area contributed by atoms with E-state index in [2.05, 4.69) is 22.2 Å². The molecule has 1 aromatic carbocycles. The van der Waals surface area contributed by atoms with Gasteiger partial charge in [0.15, 0.2) is 0 Å². The van der Waals surface area contributed by atoms with E-state index in [1.807, 2.05) is 5.32 Å². The second kappa shape index (κ2) is 13.6. The summed E-state index contributed by atoms with van der Waals surface area (Å²) in [6.45, 7) is 8.93. The lowest BCUT2D eigenvalue weighted by Gasteiger charge is -2.23. The molecule has 3 amide bonds. The number of halogens is 3. The smallest absolute Gasteiger partial charge is 0.447 e. The fraction of sp³-hybridized carbons (Fsp3) is 0.385. The Kier molecular flexibility index (Phi) is 10.8. The van der Waals surface area contributed by atoms with Crippen LogP contribution in [0.25, 0.3) is 11.1 Å². The number of amides is 3. The molecule has 3 N–H and O–H groups in total. The highest BCUT2D eigenvalue weighted by atomic mass is 19.4. The van der Waals surface area contributed by atoms with Gasteiger partial charge in [-0.15, -0.1) is 6.58 Å². The van der Waals surface area contributed by atoms with Crippen molar-refractivity contribution < 1.29 is 41.8 Å². The highest BCUT2D eigenvalue weighted by Crippen LogP contribution is 2.33. The number of aromatic nitrogens is 1. The number of pyridine rings is 1. The van der Waals surface area contributed by atoms with Crippen LogP contribution in [-0.4, -0.2) is 55.2 Å². The minimum absolute atomic E-state index is 0.0406. The van der Waals surface area contributed by atoms with E-state index in [-0.39, 0.29) is 36.6 Å². The molecule has 1 heterocycles. The standard InChI is InChI=1S/C26H31F3N4O6/c1-6-7-19(33-24(36)39-25(2,3)4)21-14-16(10-11-30-21)18-9-8-17(31-23(35)38-13-12-37-5)15-20(18)32-22(34)26(27,28)29/h6,8-11,14-15,19H,1,7,12-13H2,2-5H3,(H,31,35)(H,32,34)(H,33,36)/t19-/m0/s1. The SMILES string of the molecule is C=CC[C@H](NC(=O)OC(C)(C)C)c1cc(-c2ccc(NC(=O)OCCOC)cc2NC(=O)C(F)(F)F)ccn1. The van der Waals surface area contributed by atoms with E-state index >= 15 is 0 Å². The van der Waals surface area contributed by atoms with Crippen molar-refractivity contribution in [3.8, 4) is 11.1 Å². The van der Waals surface area contributed by atoms with Crippen molar-refractivity contribution in [1.82, 2.24) is 10.3 Å². The van der Waals surface area contributed by atoms with Gasteiger partial charge in [-0.25, -0.2) is 9.59 Å². The Hall–Kier alpha value is -4.13. The highest BCUT2D eigenvalue weighted by molar-refractivity contribution is 6.00. The Balaban J connectivity index is 2.43. The van der Waals surface area contributed by atoms with Crippen molar-refractivity contribution in [3.05, 3.63) is 54.9 Å². The molecule has 0 saturated heterocycles. The molecule has 0 unspecified atom stereocenters. The average molecular weight is 553 g/mol. The molecule has 13 heteroatoms. The molecule has 0 fully saturated rings. The van der Waals surface area contributed by atoms with Crippen LogP contribution in [0.4, 0.5) is 34.1 Å². The minimum atomic E-state index is -5.16. The molecule has 0 bridgehead atoms. The van der Waals surface area contributed by atoms with Gasteiger partial charge in [0.25, 0.3) is 0 Å². The van der Waals surface area contributed by atoms with E-state index < -0.39 is 35.9 Å². The lowest BCUT2D eigenvalue weighted by atomic mass is 10.0. The molecular weight excluding hydrogens is 521 g/mol. The second-order valence-corrected chi connectivity index (χ2v) is 9.16. The van der Waals surface area contributed by atoms with Gasteiger partial charge >= 0.3 is 24.3 Å². The number of carbonyl (C=O) groups is 3. The Morgan fingerprint density at radius 1 is 1.05 bits per heavy atom. The zero-order valence-corrected chi connectivity index (χ0v) is 22.0. The van der Waals surface area contributed by atoms with Crippen LogP contribution in [-0.2, 0) is 19.0 Å². The van der Waals surface area contributed by atoms with E-state index in [9.17, 15) is 27.6 Å². The molecule has 0 saturated carbocycles. The first-order chi connectivity index (χ1) is 18.2. The predicted molar refractivity (Wildman–Crippen MR) is 138 cm³/mol. The second-order valence-electron chi connectivity index (χ2n) is 9.16. The van der Waals surface area contributed by atoms with Crippen molar-refractivity contribution in [1.29, 1.82) is 0 Å². The zero-order valence-electron chi connectivity index (χ0n) is 22.0. The number of carbonyl (C=O) groups excluding carboxylic acids is 3. The largest absolute Gasteiger partial charge is 0.471 e. The minimum Gasteiger partial charge on any atom is -0.447 e. The number of hydrogen-bond acceptors (Lipinski definition) is 7. The van der Waals surface area contributed by atoms with Crippen LogP contribution in [0, 0.1) is 0 Å². The number of rotatable bonds is 10. The highest BCUT2D eigenvalue weighted by Gasteiger charge is 2.39. The molecule has 2 rings (SSSR count). The summed E-state index contributed by atoms with van der Waals surface area (Å²) in [6, 6.07) is 6.42. The van der Waals surface area contributed by atoms with Crippen LogP contribution in [0.5, 0.6) is 0 Å². The fourth-order valence-corrected chi connectivity index (χ4v) is 3.22. The summed E-state index contributed by atoms with van der Waals surface area (Å²) < 4.78 is 54.2. The summed E-state index contributed by atoms with van der Waals surface area (Å²) in [5, 5.41) is 6.93. The van der Waals surface area contributed by atoms with Crippen LogP contribution >= 0.6 is 0 Å². The summed E-state index contributed by atoms with van der Waals surface area (Å²) in [5.41, 5.74) is 0.0511. The van der Waals surface area contributed by atoms with Crippen LogP contribution < -0.4 is 16.0 Å². The number of ether oxygens (including phenoxy) is 3. The molecule has 0 aliphatic carbocycles. The van der Waals surface area contributed by atoms with E-state index in [1.54, 1.807) is 32.9 Å². The first kappa shape index (κ1) is 31.1. The lowest BCUT2D eigenvalue weighted by Crippen LogP contribution is -2.35. The third-order valence-corrected chi connectivity index (χ3v) is 4.83. The van der Waals surface area contributed by atoms with Gasteiger partial charge in [-0.05, 0) is 57.0 Å². The third-order valence-electron chi connectivity index (χ3n) is 4.83. The zero-order chi connectivity index (χ0) is 29.2. The molecular formula is C26H31F3N4O6. The maximum atomic E-state index is 13.1. The molecule has 0 spiro atoms. The summed E-state index contributed by atoms with van der Waals surface area (Å²) in [4.78, 5) is 40.4. The van der Waals surface area contributed by atoms with Crippen LogP contribution in [0.1, 0.15) is 38.9 Å². The molecule has 2 aromatic rings. The van der Waals surface area contributed by atoms with Crippen molar-refractivity contribution in [3.63, 3.8) is 0 Å². The van der Waals surface area contributed by atoms with Crippen molar-refractivity contribution in [2.75, 3.05) is 31.0 Å². The molecule has 0 aliphatic rings. The van der Waals surface area contributed by atoms with E-state index in [0.29, 0.717) is 11.3 Å². The van der Waals surface area contributed by atoms with Gasteiger partial charge in [0.2, 0.25) is 0 Å². The summed E-state index contributed by atoms with van der Waals surface area (Å²) in [6.07, 6.45) is -3.45. The Labute approximate surface area is 223 Å².